The summed E-state index contributed by atoms with van der Waals surface area (Å²) in [5.41, 5.74) is 2.01. The second kappa shape index (κ2) is 7.58. The second-order valence-corrected chi connectivity index (χ2v) is 9.54. The molecule has 0 spiro atoms. The molecule has 27 heavy (non-hydrogen) atoms. The Balaban J connectivity index is 1.42. The van der Waals surface area contributed by atoms with Gasteiger partial charge in [-0.3, -0.25) is 4.79 Å². The van der Waals surface area contributed by atoms with Gasteiger partial charge in [-0.25, -0.2) is 13.1 Å². The number of carbonyl (C=O) groups excluding carboxylic acids is 1. The summed E-state index contributed by atoms with van der Waals surface area (Å²) in [5.74, 6) is -0.00389. The Morgan fingerprint density at radius 1 is 1.15 bits per heavy atom. The lowest BCUT2D eigenvalue weighted by atomic mass is 10.1. The maximum atomic E-state index is 12.6. The Morgan fingerprint density at radius 3 is 2.59 bits per heavy atom. The van der Waals surface area contributed by atoms with E-state index in [4.69, 9.17) is 0 Å². The monoisotopic (exact) mass is 402 g/mol. The fraction of sp³-hybridized carbons (Fsp3) is 0.350. The normalized spacial score (nSPS) is 20.4. The summed E-state index contributed by atoms with van der Waals surface area (Å²) in [6.07, 6.45) is 7.15. The van der Waals surface area contributed by atoms with E-state index in [2.05, 4.69) is 16.2 Å². The topological polar surface area (TPSA) is 66.5 Å². The Morgan fingerprint density at radius 2 is 1.93 bits per heavy atom. The summed E-state index contributed by atoms with van der Waals surface area (Å²) in [6, 6.07) is 8.95. The molecule has 142 valence electrons. The number of hydrogen-bond acceptors (Lipinski definition) is 4. The number of rotatable bonds is 6. The van der Waals surface area contributed by atoms with E-state index in [9.17, 15) is 13.2 Å². The smallest absolute Gasteiger partial charge is 0.247 e. The third-order valence-electron chi connectivity index (χ3n) is 4.97. The maximum Gasteiger partial charge on any atom is 0.247 e. The molecule has 1 aliphatic heterocycles. The molecule has 1 saturated carbocycles. The summed E-state index contributed by atoms with van der Waals surface area (Å²) < 4.78 is 27.1. The van der Waals surface area contributed by atoms with Gasteiger partial charge in [-0.1, -0.05) is 12.1 Å². The van der Waals surface area contributed by atoms with Crippen LogP contribution in [0.4, 0.5) is 0 Å². The molecule has 1 atom stereocenters. The molecule has 1 aromatic carbocycles. The number of nitrogens with zero attached hydrogens (tertiary/aromatic N) is 1. The SMILES string of the molecule is O=C(C=Cc1ccc(S(=O)(=O)NC2CC2)cc1)N1CCCC1c1ccsc1. The fourth-order valence-electron chi connectivity index (χ4n) is 3.35. The van der Waals surface area contributed by atoms with E-state index in [-0.39, 0.29) is 22.9 Å². The zero-order chi connectivity index (χ0) is 18.9. The molecule has 1 N–H and O–H groups in total. The maximum absolute atomic E-state index is 12.6. The molecule has 1 aliphatic carbocycles. The van der Waals surface area contributed by atoms with Gasteiger partial charge in [-0.15, -0.1) is 0 Å². The van der Waals surface area contributed by atoms with Crippen LogP contribution in [0.5, 0.6) is 0 Å². The lowest BCUT2D eigenvalue weighted by Crippen LogP contribution is -2.28. The Bertz CT molecular complexity index is 930. The lowest BCUT2D eigenvalue weighted by molar-refractivity contribution is -0.126. The standard InChI is InChI=1S/C20H22N2O3S2/c23-20(22-12-1-2-19(22)16-11-13-26-14-16)10-5-15-3-8-18(9-4-15)27(24,25)21-17-6-7-17/h3-5,8-11,13-14,17,19,21H,1-2,6-7,12H2. The summed E-state index contributed by atoms with van der Waals surface area (Å²) in [5, 5.41) is 4.15. The summed E-state index contributed by atoms with van der Waals surface area (Å²) in [4.78, 5) is 14.8. The molecule has 1 saturated heterocycles. The number of nitrogens with one attached hydrogen (secondary N) is 1. The van der Waals surface area contributed by atoms with Crippen LogP contribution < -0.4 is 4.72 Å². The van der Waals surface area contributed by atoms with E-state index in [1.54, 1.807) is 47.8 Å². The van der Waals surface area contributed by atoms with Crippen molar-refractivity contribution < 1.29 is 13.2 Å². The van der Waals surface area contributed by atoms with E-state index < -0.39 is 10.0 Å². The van der Waals surface area contributed by atoms with Gasteiger partial charge in [0.1, 0.15) is 0 Å². The van der Waals surface area contributed by atoms with E-state index in [0.29, 0.717) is 0 Å². The highest BCUT2D eigenvalue weighted by Crippen LogP contribution is 2.33. The molecule has 0 bridgehead atoms. The van der Waals surface area contributed by atoms with Crippen molar-refractivity contribution in [2.75, 3.05) is 6.54 Å². The van der Waals surface area contributed by atoms with Crippen molar-refractivity contribution in [1.82, 2.24) is 9.62 Å². The van der Waals surface area contributed by atoms with Crippen molar-refractivity contribution >= 4 is 33.3 Å². The van der Waals surface area contributed by atoms with Gasteiger partial charge in [-0.05, 0) is 71.8 Å². The van der Waals surface area contributed by atoms with Gasteiger partial charge in [0.2, 0.25) is 15.9 Å². The molecule has 0 radical (unpaired) electrons. The zero-order valence-electron chi connectivity index (χ0n) is 14.9. The highest BCUT2D eigenvalue weighted by Gasteiger charge is 2.29. The van der Waals surface area contributed by atoms with Gasteiger partial charge in [0, 0.05) is 18.7 Å². The van der Waals surface area contributed by atoms with Crippen LogP contribution in [0.15, 0.2) is 52.1 Å². The predicted octanol–water partition coefficient (Wildman–Crippen LogP) is 3.57. The van der Waals surface area contributed by atoms with Crippen molar-refractivity contribution in [1.29, 1.82) is 0 Å². The predicted molar refractivity (Wildman–Crippen MR) is 107 cm³/mol. The molecule has 5 nitrogen and oxygen atoms in total. The Kier molecular flexibility index (Phi) is 5.16. The molecule has 7 heteroatoms. The summed E-state index contributed by atoms with van der Waals surface area (Å²) in [6.45, 7) is 0.772. The molecule has 2 fully saturated rings. The third-order valence-corrected chi connectivity index (χ3v) is 7.21. The van der Waals surface area contributed by atoms with Crippen LogP contribution in [0.2, 0.25) is 0 Å². The number of benzene rings is 1. The van der Waals surface area contributed by atoms with Crippen LogP contribution in [-0.2, 0) is 14.8 Å². The number of carbonyl (C=O) groups is 1. The van der Waals surface area contributed by atoms with Crippen LogP contribution in [0.3, 0.4) is 0 Å². The average molecular weight is 403 g/mol. The average Bonchev–Trinajstić information content (AvgIpc) is 3.14. The van der Waals surface area contributed by atoms with E-state index in [1.807, 2.05) is 10.3 Å². The minimum absolute atomic E-state index is 0.00389. The van der Waals surface area contributed by atoms with Crippen molar-refractivity contribution in [2.24, 2.45) is 0 Å². The highest BCUT2D eigenvalue weighted by molar-refractivity contribution is 7.89. The van der Waals surface area contributed by atoms with E-state index in [1.165, 1.54) is 5.56 Å². The molecule has 1 unspecified atom stereocenters. The van der Waals surface area contributed by atoms with E-state index in [0.717, 1.165) is 37.8 Å². The van der Waals surface area contributed by atoms with Gasteiger partial charge in [0.15, 0.2) is 0 Å². The van der Waals surface area contributed by atoms with Gasteiger partial charge in [0.05, 0.1) is 10.9 Å². The van der Waals surface area contributed by atoms with Crippen LogP contribution in [0.1, 0.15) is 42.9 Å². The van der Waals surface area contributed by atoms with E-state index >= 15 is 0 Å². The molecule has 2 aromatic rings. The molecular formula is C20H22N2O3S2. The third kappa shape index (κ3) is 4.31. The molecule has 2 aliphatic rings. The quantitative estimate of drug-likeness (QED) is 0.751. The number of thiophene rings is 1. The minimum atomic E-state index is -3.44. The van der Waals surface area contributed by atoms with Gasteiger partial charge >= 0.3 is 0 Å². The number of sulfonamides is 1. The minimum Gasteiger partial charge on any atom is -0.332 e. The summed E-state index contributed by atoms with van der Waals surface area (Å²) >= 11 is 1.65. The molecule has 2 heterocycles. The van der Waals surface area contributed by atoms with Crippen LogP contribution in [-0.4, -0.2) is 31.8 Å². The number of likely N-dealkylation sites (tertiary alicyclic amines) is 1. The molecule has 1 amide bonds. The fourth-order valence-corrected chi connectivity index (χ4v) is 5.36. The van der Waals surface area contributed by atoms with Gasteiger partial charge < -0.3 is 4.90 Å². The van der Waals surface area contributed by atoms with Gasteiger partial charge in [-0.2, -0.15) is 11.3 Å². The first-order valence-electron chi connectivity index (χ1n) is 9.16. The van der Waals surface area contributed by atoms with Crippen LogP contribution in [0.25, 0.3) is 6.08 Å². The largest absolute Gasteiger partial charge is 0.332 e. The molecule has 4 rings (SSSR count). The zero-order valence-corrected chi connectivity index (χ0v) is 16.5. The molecule has 1 aromatic heterocycles. The summed E-state index contributed by atoms with van der Waals surface area (Å²) in [7, 11) is -3.44. The van der Waals surface area contributed by atoms with Crippen LogP contribution >= 0.6 is 11.3 Å². The van der Waals surface area contributed by atoms with Crippen LogP contribution in [0, 0.1) is 0 Å². The van der Waals surface area contributed by atoms with Crippen molar-refractivity contribution in [3.8, 4) is 0 Å². The van der Waals surface area contributed by atoms with Crippen molar-refractivity contribution in [3.05, 3.63) is 58.3 Å². The van der Waals surface area contributed by atoms with Crippen molar-refractivity contribution in [3.63, 3.8) is 0 Å². The highest BCUT2D eigenvalue weighted by atomic mass is 32.2. The van der Waals surface area contributed by atoms with Crippen molar-refractivity contribution in [2.45, 2.75) is 42.7 Å². The second-order valence-electron chi connectivity index (χ2n) is 7.04. The first-order chi connectivity index (χ1) is 13.0. The Hall–Kier alpha value is -1.96. The van der Waals surface area contributed by atoms with Gasteiger partial charge in [0.25, 0.3) is 0 Å². The molecular weight excluding hydrogens is 380 g/mol. The first-order valence-corrected chi connectivity index (χ1v) is 11.6. The number of hydrogen-bond donors (Lipinski definition) is 1. The number of amides is 1. The first kappa shape index (κ1) is 18.4. The lowest BCUT2D eigenvalue weighted by Gasteiger charge is -2.22. The Labute approximate surface area is 163 Å².